The predicted octanol–water partition coefficient (Wildman–Crippen LogP) is 3.18. The third-order valence-corrected chi connectivity index (χ3v) is 5.80. The largest absolute Gasteiger partial charge is 0.489 e. The molecule has 2 heterocycles. The molecule has 2 nitrogen and oxygen atoms in total. The van der Waals surface area contributed by atoms with Gasteiger partial charge in [-0.1, -0.05) is 12.1 Å². The lowest BCUT2D eigenvalue weighted by atomic mass is 9.56. The minimum absolute atomic E-state index is 0.295. The molecule has 1 spiro atoms. The van der Waals surface area contributed by atoms with Crippen LogP contribution in [0.25, 0.3) is 0 Å². The molecule has 4 unspecified atom stereocenters. The lowest BCUT2D eigenvalue weighted by Crippen LogP contribution is -2.59. The summed E-state index contributed by atoms with van der Waals surface area (Å²) in [6.45, 7) is 5.76. The van der Waals surface area contributed by atoms with Crippen molar-refractivity contribution in [2.75, 3.05) is 6.54 Å². The van der Waals surface area contributed by atoms with E-state index in [0.717, 1.165) is 12.5 Å². The second kappa shape index (κ2) is 3.99. The highest BCUT2D eigenvalue weighted by atomic mass is 16.5. The first-order chi connectivity index (χ1) is 9.23. The molecule has 0 amide bonds. The summed E-state index contributed by atoms with van der Waals surface area (Å²) in [5.74, 6) is 1.91. The quantitative estimate of drug-likeness (QED) is 0.771. The summed E-state index contributed by atoms with van der Waals surface area (Å²) in [7, 11) is 0. The van der Waals surface area contributed by atoms with Crippen LogP contribution in [0.4, 0.5) is 0 Å². The van der Waals surface area contributed by atoms with Crippen molar-refractivity contribution in [1.29, 1.82) is 0 Å². The molecule has 1 aromatic rings. The Hall–Kier alpha value is -1.02. The van der Waals surface area contributed by atoms with Gasteiger partial charge in [0.25, 0.3) is 0 Å². The fraction of sp³-hybridized carbons (Fsp3) is 0.647. The summed E-state index contributed by atoms with van der Waals surface area (Å²) in [6, 6.07) is 7.20. The molecule has 1 aromatic carbocycles. The molecule has 2 heteroatoms. The number of benzene rings is 1. The number of aryl methyl sites for hydroxylation is 1. The van der Waals surface area contributed by atoms with Crippen LogP contribution in [0.3, 0.4) is 0 Å². The van der Waals surface area contributed by atoms with Gasteiger partial charge < -0.3 is 10.1 Å². The van der Waals surface area contributed by atoms with E-state index in [2.05, 4.69) is 37.4 Å². The van der Waals surface area contributed by atoms with E-state index in [1.54, 1.807) is 0 Å². The van der Waals surface area contributed by atoms with Crippen molar-refractivity contribution in [2.24, 2.45) is 5.92 Å². The zero-order chi connectivity index (χ0) is 13.0. The zero-order valence-corrected chi connectivity index (χ0v) is 11.9. The molecule has 19 heavy (non-hydrogen) atoms. The van der Waals surface area contributed by atoms with E-state index in [4.69, 9.17) is 4.74 Å². The second-order valence-electron chi connectivity index (χ2n) is 6.63. The van der Waals surface area contributed by atoms with E-state index in [1.165, 1.54) is 42.6 Å². The molecule has 1 saturated heterocycles. The van der Waals surface area contributed by atoms with Gasteiger partial charge in [0.15, 0.2) is 0 Å². The molecular weight excluding hydrogens is 234 g/mol. The van der Waals surface area contributed by atoms with Crippen LogP contribution in [0.1, 0.15) is 43.7 Å². The van der Waals surface area contributed by atoms with Gasteiger partial charge in [-0.3, -0.25) is 0 Å². The van der Waals surface area contributed by atoms with E-state index in [0.29, 0.717) is 17.6 Å². The SMILES string of the molecule is Cc1cccc2c1C13CCNC(C)C1CCCC3O2. The monoisotopic (exact) mass is 257 g/mol. The molecule has 1 aliphatic carbocycles. The fourth-order valence-corrected chi connectivity index (χ4v) is 5.09. The third-order valence-electron chi connectivity index (χ3n) is 5.80. The first-order valence-corrected chi connectivity index (χ1v) is 7.73. The maximum Gasteiger partial charge on any atom is 0.123 e. The molecule has 4 rings (SSSR count). The number of nitrogens with one attached hydrogen (secondary N) is 1. The van der Waals surface area contributed by atoms with Gasteiger partial charge in [-0.2, -0.15) is 0 Å². The van der Waals surface area contributed by atoms with Crippen molar-refractivity contribution >= 4 is 0 Å². The molecule has 0 bridgehead atoms. The molecule has 0 radical (unpaired) electrons. The highest BCUT2D eigenvalue weighted by Gasteiger charge is 2.58. The number of rotatable bonds is 0. The van der Waals surface area contributed by atoms with Gasteiger partial charge >= 0.3 is 0 Å². The van der Waals surface area contributed by atoms with Crippen LogP contribution in [0.5, 0.6) is 5.75 Å². The molecular formula is C17H23NO. The highest BCUT2D eigenvalue weighted by Crippen LogP contribution is 2.57. The van der Waals surface area contributed by atoms with Gasteiger partial charge in [0, 0.05) is 17.0 Å². The van der Waals surface area contributed by atoms with Crippen LogP contribution in [0.2, 0.25) is 0 Å². The normalized spacial score (nSPS) is 40.0. The van der Waals surface area contributed by atoms with Crippen LogP contribution in [-0.4, -0.2) is 18.7 Å². The van der Waals surface area contributed by atoms with Crippen molar-refractivity contribution in [1.82, 2.24) is 5.32 Å². The Morgan fingerprint density at radius 1 is 1.32 bits per heavy atom. The lowest BCUT2D eigenvalue weighted by Gasteiger charge is -2.51. The van der Waals surface area contributed by atoms with Crippen LogP contribution < -0.4 is 10.1 Å². The maximum absolute atomic E-state index is 6.37. The van der Waals surface area contributed by atoms with E-state index in [1.807, 2.05) is 0 Å². The highest BCUT2D eigenvalue weighted by molar-refractivity contribution is 5.51. The molecule has 1 saturated carbocycles. The second-order valence-corrected chi connectivity index (χ2v) is 6.63. The number of ether oxygens (including phenoxy) is 1. The summed E-state index contributed by atoms with van der Waals surface area (Å²) in [6.07, 6.45) is 5.56. The van der Waals surface area contributed by atoms with Crippen molar-refractivity contribution in [3.63, 3.8) is 0 Å². The number of fused-ring (bicyclic) bond motifs is 1. The van der Waals surface area contributed by atoms with Crippen molar-refractivity contribution in [3.05, 3.63) is 29.3 Å². The zero-order valence-electron chi connectivity index (χ0n) is 11.9. The maximum atomic E-state index is 6.37. The van der Waals surface area contributed by atoms with Gasteiger partial charge in [0.05, 0.1) is 0 Å². The van der Waals surface area contributed by atoms with Crippen LogP contribution in [-0.2, 0) is 5.41 Å². The van der Waals surface area contributed by atoms with E-state index in [-0.39, 0.29) is 0 Å². The van der Waals surface area contributed by atoms with Crippen LogP contribution >= 0.6 is 0 Å². The third kappa shape index (κ3) is 1.41. The Labute approximate surface area is 115 Å². The Bertz CT molecular complexity index is 512. The molecule has 102 valence electrons. The Kier molecular flexibility index (Phi) is 2.47. The summed E-state index contributed by atoms with van der Waals surface area (Å²) in [5, 5.41) is 3.68. The van der Waals surface area contributed by atoms with Crippen LogP contribution in [0.15, 0.2) is 18.2 Å². The molecule has 2 fully saturated rings. The Morgan fingerprint density at radius 3 is 3.11 bits per heavy atom. The van der Waals surface area contributed by atoms with Gasteiger partial charge in [-0.15, -0.1) is 0 Å². The van der Waals surface area contributed by atoms with Gasteiger partial charge in [0.2, 0.25) is 0 Å². The van der Waals surface area contributed by atoms with E-state index < -0.39 is 0 Å². The minimum atomic E-state index is 0.295. The molecule has 4 atom stereocenters. The smallest absolute Gasteiger partial charge is 0.123 e. The minimum Gasteiger partial charge on any atom is -0.489 e. The van der Waals surface area contributed by atoms with Gasteiger partial charge in [-0.25, -0.2) is 0 Å². The van der Waals surface area contributed by atoms with Crippen molar-refractivity contribution in [2.45, 2.75) is 57.1 Å². The first kappa shape index (κ1) is 11.8. The summed E-state index contributed by atoms with van der Waals surface area (Å²) in [4.78, 5) is 0. The lowest BCUT2D eigenvalue weighted by molar-refractivity contribution is 0.0133. The summed E-state index contributed by atoms with van der Waals surface area (Å²) < 4.78 is 6.37. The summed E-state index contributed by atoms with van der Waals surface area (Å²) >= 11 is 0. The average Bonchev–Trinajstić information content (AvgIpc) is 2.73. The Balaban J connectivity index is 1.92. The van der Waals surface area contributed by atoms with Crippen molar-refractivity contribution < 1.29 is 4.74 Å². The van der Waals surface area contributed by atoms with Gasteiger partial charge in [0.1, 0.15) is 11.9 Å². The number of hydrogen-bond acceptors (Lipinski definition) is 2. The Morgan fingerprint density at radius 2 is 2.21 bits per heavy atom. The van der Waals surface area contributed by atoms with E-state index >= 15 is 0 Å². The average molecular weight is 257 g/mol. The molecule has 0 aromatic heterocycles. The number of piperidine rings is 1. The predicted molar refractivity (Wildman–Crippen MR) is 76.7 cm³/mol. The fourth-order valence-electron chi connectivity index (χ4n) is 5.09. The number of hydrogen-bond donors (Lipinski definition) is 1. The first-order valence-electron chi connectivity index (χ1n) is 7.73. The molecule has 2 aliphatic heterocycles. The van der Waals surface area contributed by atoms with E-state index in [9.17, 15) is 0 Å². The molecule has 3 aliphatic rings. The topological polar surface area (TPSA) is 21.3 Å². The van der Waals surface area contributed by atoms with Crippen LogP contribution in [0, 0.1) is 12.8 Å². The molecule has 1 N–H and O–H groups in total. The standard InChI is InChI=1S/C17H23NO/c1-11-5-3-7-14-16(11)17-9-10-18-12(2)13(17)6-4-8-15(17)19-14/h3,5,7,12-13,15,18H,4,6,8-10H2,1-2H3. The van der Waals surface area contributed by atoms with Crippen molar-refractivity contribution in [3.8, 4) is 5.75 Å². The summed E-state index contributed by atoms with van der Waals surface area (Å²) in [5.41, 5.74) is 3.27. The van der Waals surface area contributed by atoms with Gasteiger partial charge in [-0.05, 0) is 63.6 Å².